The number of benzene rings is 1. The van der Waals surface area contributed by atoms with Crippen LogP contribution in [0.3, 0.4) is 0 Å². The molecule has 2 aromatic rings. The van der Waals surface area contributed by atoms with Gasteiger partial charge in [0.05, 0.1) is 16.8 Å². The van der Waals surface area contributed by atoms with Gasteiger partial charge in [-0.15, -0.1) is 0 Å². The Labute approximate surface area is 165 Å². The molecule has 0 unspecified atom stereocenters. The van der Waals surface area contributed by atoms with E-state index in [0.29, 0.717) is 13.2 Å². The second-order valence-corrected chi connectivity index (χ2v) is 8.90. The maximum atomic E-state index is 11.9. The van der Waals surface area contributed by atoms with E-state index in [2.05, 4.69) is 21.2 Å². The van der Waals surface area contributed by atoms with Crippen molar-refractivity contribution in [3.63, 3.8) is 0 Å². The van der Waals surface area contributed by atoms with Gasteiger partial charge in [0.25, 0.3) is 0 Å². The maximum absolute atomic E-state index is 11.9. The van der Waals surface area contributed by atoms with Crippen LogP contribution in [0, 0.1) is 5.41 Å². The zero-order valence-electron chi connectivity index (χ0n) is 16.7. The van der Waals surface area contributed by atoms with Crippen LogP contribution in [0.25, 0.3) is 10.2 Å². The predicted octanol–water partition coefficient (Wildman–Crippen LogP) is 2.98. The van der Waals surface area contributed by atoms with Crippen LogP contribution in [-0.4, -0.2) is 61.7 Å². The van der Waals surface area contributed by atoms with Gasteiger partial charge in [0, 0.05) is 44.7 Å². The topological polar surface area (TPSA) is 57.7 Å². The molecule has 7 heteroatoms. The van der Waals surface area contributed by atoms with Gasteiger partial charge in [-0.25, -0.2) is 4.98 Å². The Morgan fingerprint density at radius 2 is 2.00 bits per heavy atom. The third-order valence-electron chi connectivity index (χ3n) is 4.70. The van der Waals surface area contributed by atoms with Gasteiger partial charge in [-0.2, -0.15) is 0 Å². The molecule has 0 atom stereocenters. The number of piperazine rings is 1. The minimum Gasteiger partial charge on any atom is -0.494 e. The van der Waals surface area contributed by atoms with E-state index in [1.54, 1.807) is 11.3 Å². The van der Waals surface area contributed by atoms with Crippen LogP contribution >= 0.6 is 11.3 Å². The first-order valence-electron chi connectivity index (χ1n) is 9.66. The van der Waals surface area contributed by atoms with Crippen molar-refractivity contribution in [3.05, 3.63) is 18.2 Å². The van der Waals surface area contributed by atoms with Gasteiger partial charge >= 0.3 is 0 Å². The Balaban J connectivity index is 1.50. The number of amides is 1. The van der Waals surface area contributed by atoms with Gasteiger partial charge in [0.1, 0.15) is 5.75 Å². The molecule has 1 aliphatic heterocycles. The van der Waals surface area contributed by atoms with Gasteiger partial charge in [-0.1, -0.05) is 32.1 Å². The Bertz CT molecular complexity index is 776. The van der Waals surface area contributed by atoms with Crippen LogP contribution in [0.2, 0.25) is 0 Å². The van der Waals surface area contributed by atoms with Crippen molar-refractivity contribution in [2.24, 2.45) is 5.41 Å². The van der Waals surface area contributed by atoms with Gasteiger partial charge in [-0.05, 0) is 25.1 Å². The van der Waals surface area contributed by atoms with Gasteiger partial charge < -0.3 is 15.0 Å². The van der Waals surface area contributed by atoms with Gasteiger partial charge in [-0.3, -0.25) is 9.69 Å². The van der Waals surface area contributed by atoms with E-state index >= 15 is 0 Å². The summed E-state index contributed by atoms with van der Waals surface area (Å²) in [5.74, 6) is 1.02. The van der Waals surface area contributed by atoms with Crippen molar-refractivity contribution in [3.8, 4) is 5.75 Å². The summed E-state index contributed by atoms with van der Waals surface area (Å²) >= 11 is 1.73. The summed E-state index contributed by atoms with van der Waals surface area (Å²) in [6.07, 6.45) is 0. The molecular formula is C20H30N4O2S. The Morgan fingerprint density at radius 3 is 2.67 bits per heavy atom. The van der Waals surface area contributed by atoms with Gasteiger partial charge in [0.2, 0.25) is 5.91 Å². The molecule has 0 spiro atoms. The summed E-state index contributed by atoms with van der Waals surface area (Å²) in [4.78, 5) is 21.5. The highest BCUT2D eigenvalue weighted by Gasteiger charge is 2.22. The quantitative estimate of drug-likeness (QED) is 0.822. The average molecular weight is 391 g/mol. The maximum Gasteiger partial charge on any atom is 0.225 e. The van der Waals surface area contributed by atoms with Crippen molar-refractivity contribution < 1.29 is 9.53 Å². The van der Waals surface area contributed by atoms with Crippen LogP contribution in [0.1, 0.15) is 27.7 Å². The third kappa shape index (κ3) is 5.11. The number of carbonyl (C=O) groups excluding carboxylic acids is 1. The van der Waals surface area contributed by atoms with Crippen molar-refractivity contribution in [1.82, 2.24) is 15.2 Å². The largest absolute Gasteiger partial charge is 0.494 e. The van der Waals surface area contributed by atoms with E-state index < -0.39 is 0 Å². The molecule has 2 heterocycles. The summed E-state index contributed by atoms with van der Waals surface area (Å²) in [6.45, 7) is 14.0. The van der Waals surface area contributed by atoms with E-state index in [1.165, 1.54) is 4.70 Å². The van der Waals surface area contributed by atoms with E-state index in [4.69, 9.17) is 9.72 Å². The lowest BCUT2D eigenvalue weighted by Gasteiger charge is -2.34. The summed E-state index contributed by atoms with van der Waals surface area (Å²) < 4.78 is 6.76. The second kappa shape index (κ2) is 8.44. The number of nitrogens with one attached hydrogen (secondary N) is 1. The molecule has 3 rings (SSSR count). The predicted molar refractivity (Wildman–Crippen MR) is 112 cm³/mol. The minimum atomic E-state index is -0.326. The molecule has 1 N–H and O–H groups in total. The van der Waals surface area contributed by atoms with Crippen molar-refractivity contribution >= 4 is 32.6 Å². The Kier molecular flexibility index (Phi) is 6.22. The first-order chi connectivity index (χ1) is 12.9. The minimum absolute atomic E-state index is 0.113. The molecule has 0 aliphatic carbocycles. The lowest BCUT2D eigenvalue weighted by atomic mass is 9.96. The second-order valence-electron chi connectivity index (χ2n) is 7.89. The van der Waals surface area contributed by atoms with Crippen LogP contribution in [0.5, 0.6) is 5.75 Å². The smallest absolute Gasteiger partial charge is 0.225 e. The molecule has 6 nitrogen and oxygen atoms in total. The monoisotopic (exact) mass is 390 g/mol. The normalized spacial score (nSPS) is 15.9. The molecule has 0 saturated carbocycles. The van der Waals surface area contributed by atoms with Crippen LogP contribution < -0.4 is 15.0 Å². The van der Waals surface area contributed by atoms with Crippen molar-refractivity contribution in [2.75, 3.05) is 50.8 Å². The molecule has 1 amide bonds. The van der Waals surface area contributed by atoms with Crippen LogP contribution in [0.15, 0.2) is 18.2 Å². The fourth-order valence-corrected chi connectivity index (χ4v) is 4.09. The first-order valence-corrected chi connectivity index (χ1v) is 10.5. The zero-order chi connectivity index (χ0) is 19.4. The highest BCUT2D eigenvalue weighted by molar-refractivity contribution is 7.22. The SMILES string of the molecule is CCOc1ccc2nc(N3CCN(CCNC(=O)C(C)(C)C)CC3)sc2c1. The highest BCUT2D eigenvalue weighted by Crippen LogP contribution is 2.31. The van der Waals surface area contributed by atoms with Crippen LogP contribution in [-0.2, 0) is 4.79 Å². The Morgan fingerprint density at radius 1 is 1.26 bits per heavy atom. The third-order valence-corrected chi connectivity index (χ3v) is 5.78. The number of nitrogens with zero attached hydrogens (tertiary/aromatic N) is 3. The highest BCUT2D eigenvalue weighted by atomic mass is 32.1. The van der Waals surface area contributed by atoms with Gasteiger partial charge in [0.15, 0.2) is 5.13 Å². The summed E-state index contributed by atoms with van der Waals surface area (Å²) in [6, 6.07) is 6.10. The summed E-state index contributed by atoms with van der Waals surface area (Å²) in [7, 11) is 0. The standard InChI is InChI=1S/C20H30N4O2S/c1-5-26-15-6-7-16-17(14-15)27-19(22-16)24-12-10-23(11-13-24)9-8-21-18(25)20(2,3)4/h6-7,14H,5,8-13H2,1-4H3,(H,21,25). The van der Waals surface area contributed by atoms with E-state index in [-0.39, 0.29) is 11.3 Å². The Hall–Kier alpha value is -1.86. The van der Waals surface area contributed by atoms with Crippen LogP contribution in [0.4, 0.5) is 5.13 Å². The molecule has 27 heavy (non-hydrogen) atoms. The molecule has 0 radical (unpaired) electrons. The van der Waals surface area contributed by atoms with E-state index in [0.717, 1.165) is 49.1 Å². The first kappa shape index (κ1) is 19.9. The molecular weight excluding hydrogens is 360 g/mol. The number of carbonyl (C=O) groups is 1. The summed E-state index contributed by atoms with van der Waals surface area (Å²) in [5, 5.41) is 4.11. The molecule has 1 aromatic heterocycles. The molecule has 1 fully saturated rings. The van der Waals surface area contributed by atoms with E-state index in [9.17, 15) is 4.79 Å². The number of aromatic nitrogens is 1. The number of ether oxygens (including phenoxy) is 1. The number of thiazole rings is 1. The number of anilines is 1. The summed E-state index contributed by atoms with van der Waals surface area (Å²) in [5.41, 5.74) is 0.707. The lowest BCUT2D eigenvalue weighted by Crippen LogP contribution is -2.49. The van der Waals surface area contributed by atoms with E-state index in [1.807, 2.05) is 39.8 Å². The molecule has 148 valence electrons. The fraction of sp³-hybridized carbons (Fsp3) is 0.600. The van der Waals surface area contributed by atoms with Crippen molar-refractivity contribution in [1.29, 1.82) is 0 Å². The number of fused-ring (bicyclic) bond motifs is 1. The number of hydrogen-bond donors (Lipinski definition) is 1. The average Bonchev–Trinajstić information content (AvgIpc) is 3.05. The molecule has 1 aromatic carbocycles. The fourth-order valence-electron chi connectivity index (χ4n) is 3.04. The van der Waals surface area contributed by atoms with Crippen molar-refractivity contribution in [2.45, 2.75) is 27.7 Å². The molecule has 0 bridgehead atoms. The molecule has 1 aliphatic rings. The number of hydrogen-bond acceptors (Lipinski definition) is 6. The lowest BCUT2D eigenvalue weighted by molar-refractivity contribution is -0.128. The molecule has 1 saturated heterocycles. The zero-order valence-corrected chi connectivity index (χ0v) is 17.6. The number of rotatable bonds is 6.